The van der Waals surface area contributed by atoms with Gasteiger partial charge in [0.25, 0.3) is 0 Å². The lowest BCUT2D eigenvalue weighted by atomic mass is 9.90. The standard InChI is InChI=1S/C17H14F2N2OS/c1-17-9-13(11-4-2-3-5-15(11)22-17)20-16(23)21(17)14-7-6-10(18)8-12(14)19/h2-8,13H,9H2,1H3,(H,20,23)/t13-,17+/m1/s1. The van der Waals surface area contributed by atoms with Crippen LogP contribution in [0.25, 0.3) is 0 Å². The van der Waals surface area contributed by atoms with E-state index in [0.717, 1.165) is 17.4 Å². The largest absolute Gasteiger partial charge is 0.467 e. The summed E-state index contributed by atoms with van der Waals surface area (Å²) < 4.78 is 33.6. The number of benzene rings is 2. The molecule has 0 radical (unpaired) electrons. The highest BCUT2D eigenvalue weighted by Crippen LogP contribution is 2.45. The molecule has 2 atom stereocenters. The highest BCUT2D eigenvalue weighted by molar-refractivity contribution is 7.80. The Hall–Kier alpha value is -2.21. The van der Waals surface area contributed by atoms with Crippen LogP contribution in [0.3, 0.4) is 0 Å². The van der Waals surface area contributed by atoms with Gasteiger partial charge in [-0.1, -0.05) is 18.2 Å². The van der Waals surface area contributed by atoms with Crippen LogP contribution >= 0.6 is 12.2 Å². The molecular weight excluding hydrogens is 318 g/mol. The number of rotatable bonds is 1. The van der Waals surface area contributed by atoms with Crippen molar-refractivity contribution in [2.45, 2.75) is 25.1 Å². The molecule has 3 nitrogen and oxygen atoms in total. The molecule has 0 saturated carbocycles. The normalized spacial score (nSPS) is 25.4. The quantitative estimate of drug-likeness (QED) is 0.801. The molecule has 2 aliphatic rings. The zero-order valence-corrected chi connectivity index (χ0v) is 13.2. The van der Waals surface area contributed by atoms with Crippen molar-refractivity contribution < 1.29 is 13.5 Å². The molecule has 2 aromatic carbocycles. The minimum absolute atomic E-state index is 0.0113. The Bertz CT molecular complexity index is 813. The van der Waals surface area contributed by atoms with Gasteiger partial charge in [0.05, 0.1) is 11.7 Å². The lowest BCUT2D eigenvalue weighted by Crippen LogP contribution is -2.65. The van der Waals surface area contributed by atoms with Crippen LogP contribution in [0, 0.1) is 11.6 Å². The molecule has 0 aromatic heterocycles. The van der Waals surface area contributed by atoms with Crippen molar-refractivity contribution in [3.05, 3.63) is 59.7 Å². The van der Waals surface area contributed by atoms with Crippen LogP contribution in [0.5, 0.6) is 5.75 Å². The number of hydrogen-bond donors (Lipinski definition) is 1. The topological polar surface area (TPSA) is 24.5 Å². The van der Waals surface area contributed by atoms with Crippen molar-refractivity contribution in [3.63, 3.8) is 0 Å². The first kappa shape index (κ1) is 14.4. The van der Waals surface area contributed by atoms with Gasteiger partial charge in [0.1, 0.15) is 17.4 Å². The van der Waals surface area contributed by atoms with Gasteiger partial charge in [-0.15, -0.1) is 0 Å². The molecule has 0 spiro atoms. The molecule has 2 heterocycles. The predicted octanol–water partition coefficient (Wildman–Crippen LogP) is 3.90. The third-order valence-electron chi connectivity index (χ3n) is 4.33. The molecule has 2 aliphatic heterocycles. The smallest absolute Gasteiger partial charge is 0.188 e. The van der Waals surface area contributed by atoms with Crippen LogP contribution < -0.4 is 15.0 Å². The fraction of sp³-hybridized carbons (Fsp3) is 0.235. The van der Waals surface area contributed by atoms with Crippen LogP contribution in [0.15, 0.2) is 42.5 Å². The average molecular weight is 332 g/mol. The summed E-state index contributed by atoms with van der Waals surface area (Å²) in [5.74, 6) is -0.551. The minimum Gasteiger partial charge on any atom is -0.467 e. The van der Waals surface area contributed by atoms with E-state index in [1.54, 1.807) is 4.90 Å². The molecule has 0 unspecified atom stereocenters. The molecule has 2 aromatic rings. The summed E-state index contributed by atoms with van der Waals surface area (Å²) in [6, 6.07) is 11.2. The van der Waals surface area contributed by atoms with Gasteiger partial charge in [-0.25, -0.2) is 8.78 Å². The zero-order valence-electron chi connectivity index (χ0n) is 12.3. The SMILES string of the molecule is C[C@]12C[C@@H](NC(=S)N1c1ccc(F)cc1F)c1ccccc1O2. The highest BCUT2D eigenvalue weighted by atomic mass is 32.1. The van der Waals surface area contributed by atoms with Gasteiger partial charge in [0.15, 0.2) is 10.8 Å². The maximum Gasteiger partial charge on any atom is 0.188 e. The van der Waals surface area contributed by atoms with Crippen molar-refractivity contribution in [2.75, 3.05) is 4.90 Å². The van der Waals surface area contributed by atoms with Crippen LogP contribution in [0.2, 0.25) is 0 Å². The second kappa shape index (κ2) is 4.89. The van der Waals surface area contributed by atoms with Crippen LogP contribution in [0.1, 0.15) is 24.9 Å². The molecule has 0 aliphatic carbocycles. The van der Waals surface area contributed by atoms with Gasteiger partial charge in [-0.3, -0.25) is 4.90 Å². The van der Waals surface area contributed by atoms with Crippen molar-refractivity contribution in [2.24, 2.45) is 0 Å². The molecule has 4 rings (SSSR count). The Balaban J connectivity index is 1.83. The van der Waals surface area contributed by atoms with E-state index in [0.29, 0.717) is 11.5 Å². The lowest BCUT2D eigenvalue weighted by molar-refractivity contribution is 0.0492. The van der Waals surface area contributed by atoms with E-state index in [1.807, 2.05) is 31.2 Å². The van der Waals surface area contributed by atoms with Crippen molar-refractivity contribution in [1.82, 2.24) is 5.32 Å². The number of para-hydroxylation sites is 1. The minimum atomic E-state index is -0.833. The molecule has 2 bridgehead atoms. The molecule has 23 heavy (non-hydrogen) atoms. The number of hydrogen-bond acceptors (Lipinski definition) is 2. The van der Waals surface area contributed by atoms with Crippen LogP contribution in [-0.2, 0) is 0 Å². The molecule has 118 valence electrons. The number of thiocarbonyl (C=S) groups is 1. The number of ether oxygens (including phenoxy) is 1. The first-order valence-electron chi connectivity index (χ1n) is 7.32. The van der Waals surface area contributed by atoms with Gasteiger partial charge < -0.3 is 10.1 Å². The maximum absolute atomic E-state index is 14.3. The van der Waals surface area contributed by atoms with E-state index in [4.69, 9.17) is 17.0 Å². The van der Waals surface area contributed by atoms with Crippen molar-refractivity contribution in [3.8, 4) is 5.75 Å². The first-order valence-corrected chi connectivity index (χ1v) is 7.72. The summed E-state index contributed by atoms with van der Waals surface area (Å²) in [5, 5.41) is 3.60. The summed E-state index contributed by atoms with van der Waals surface area (Å²) in [4.78, 5) is 1.59. The van der Waals surface area contributed by atoms with Crippen molar-refractivity contribution >= 4 is 23.0 Å². The van der Waals surface area contributed by atoms with E-state index in [9.17, 15) is 8.78 Å². The fourth-order valence-electron chi connectivity index (χ4n) is 3.35. The monoisotopic (exact) mass is 332 g/mol. The molecular formula is C17H14F2N2OS. The third-order valence-corrected chi connectivity index (χ3v) is 4.63. The number of fused-ring (bicyclic) bond motifs is 4. The summed E-state index contributed by atoms with van der Waals surface area (Å²) in [6.45, 7) is 1.87. The predicted molar refractivity (Wildman–Crippen MR) is 87.4 cm³/mol. The van der Waals surface area contributed by atoms with Gasteiger partial charge in [-0.2, -0.15) is 0 Å². The Morgan fingerprint density at radius 3 is 2.83 bits per heavy atom. The van der Waals surface area contributed by atoms with E-state index in [-0.39, 0.29) is 11.7 Å². The average Bonchev–Trinajstić information content (AvgIpc) is 2.48. The number of anilines is 1. The number of halogens is 2. The highest BCUT2D eigenvalue weighted by Gasteiger charge is 2.48. The summed E-state index contributed by atoms with van der Waals surface area (Å²) in [7, 11) is 0. The zero-order chi connectivity index (χ0) is 16.2. The lowest BCUT2D eigenvalue weighted by Gasteiger charge is -2.52. The molecule has 1 N–H and O–H groups in total. The Kier molecular flexibility index (Phi) is 3.06. The summed E-state index contributed by atoms with van der Waals surface area (Å²) in [6.07, 6.45) is 0.598. The van der Waals surface area contributed by atoms with E-state index in [1.165, 1.54) is 12.1 Å². The van der Waals surface area contributed by atoms with E-state index in [2.05, 4.69) is 5.32 Å². The van der Waals surface area contributed by atoms with Crippen LogP contribution in [-0.4, -0.2) is 10.8 Å². The van der Waals surface area contributed by atoms with Gasteiger partial charge >= 0.3 is 0 Å². The Morgan fingerprint density at radius 1 is 1.26 bits per heavy atom. The van der Waals surface area contributed by atoms with Gasteiger partial charge in [-0.05, 0) is 37.3 Å². The molecule has 0 amide bonds. The summed E-state index contributed by atoms with van der Waals surface area (Å²) in [5.41, 5.74) is 0.399. The first-order chi connectivity index (χ1) is 11.0. The number of nitrogens with one attached hydrogen (secondary N) is 1. The number of nitrogens with zero attached hydrogens (tertiary/aromatic N) is 1. The van der Waals surface area contributed by atoms with Gasteiger partial charge in [0.2, 0.25) is 0 Å². The second-order valence-electron chi connectivity index (χ2n) is 5.95. The molecule has 1 saturated heterocycles. The summed E-state index contributed by atoms with van der Waals surface area (Å²) >= 11 is 5.43. The Morgan fingerprint density at radius 2 is 2.04 bits per heavy atom. The maximum atomic E-state index is 14.3. The van der Waals surface area contributed by atoms with E-state index >= 15 is 0 Å². The Labute approximate surface area is 137 Å². The van der Waals surface area contributed by atoms with E-state index < -0.39 is 17.4 Å². The second-order valence-corrected chi connectivity index (χ2v) is 6.34. The van der Waals surface area contributed by atoms with Crippen LogP contribution in [0.4, 0.5) is 14.5 Å². The molecule has 6 heteroatoms. The fourth-order valence-corrected chi connectivity index (χ4v) is 3.78. The van der Waals surface area contributed by atoms with Gasteiger partial charge in [0, 0.05) is 18.1 Å². The third kappa shape index (κ3) is 2.16. The molecule has 1 fully saturated rings. The van der Waals surface area contributed by atoms with Crippen molar-refractivity contribution in [1.29, 1.82) is 0 Å².